The summed E-state index contributed by atoms with van der Waals surface area (Å²) in [4.78, 5) is 4.26. The Morgan fingerprint density at radius 2 is 2.12 bits per heavy atom. The quantitative estimate of drug-likeness (QED) is 0.913. The highest BCUT2D eigenvalue weighted by molar-refractivity contribution is 7.89. The van der Waals surface area contributed by atoms with Gasteiger partial charge in [-0.15, -0.1) is 0 Å². The van der Waals surface area contributed by atoms with E-state index >= 15 is 0 Å². The van der Waals surface area contributed by atoms with Crippen molar-refractivity contribution in [1.82, 2.24) is 13.9 Å². The molecule has 2 aliphatic heterocycles. The summed E-state index contributed by atoms with van der Waals surface area (Å²) < 4.78 is 27.7. The van der Waals surface area contributed by atoms with Crippen LogP contribution < -0.4 is 0 Å². The molecule has 4 rings (SSSR count). The Bertz CT molecular complexity index is 861. The molecule has 0 amide bonds. The molecule has 2 aromatic rings. The lowest BCUT2D eigenvalue weighted by molar-refractivity contribution is 0.0343. The van der Waals surface area contributed by atoms with E-state index in [-0.39, 0.29) is 24.3 Å². The third-order valence-corrected chi connectivity index (χ3v) is 7.13. The van der Waals surface area contributed by atoms with Crippen molar-refractivity contribution in [1.29, 1.82) is 0 Å². The Morgan fingerprint density at radius 3 is 2.88 bits per heavy atom. The third-order valence-electron chi connectivity index (χ3n) is 5.28. The van der Waals surface area contributed by atoms with Crippen LogP contribution in [-0.2, 0) is 10.0 Å². The summed E-state index contributed by atoms with van der Waals surface area (Å²) in [6.07, 6.45) is 3.60. The van der Waals surface area contributed by atoms with Gasteiger partial charge in [0.05, 0.1) is 36.1 Å². The Kier molecular flexibility index (Phi) is 3.74. The highest BCUT2D eigenvalue weighted by Crippen LogP contribution is 2.45. The molecule has 0 aliphatic carbocycles. The fraction of sp³-hybridized carbons (Fsp3) is 0.471. The molecule has 2 aliphatic rings. The zero-order valence-corrected chi connectivity index (χ0v) is 14.4. The number of fused-ring (bicyclic) bond motifs is 3. The van der Waals surface area contributed by atoms with Crippen molar-refractivity contribution in [2.75, 3.05) is 18.8 Å². The van der Waals surface area contributed by atoms with Gasteiger partial charge in [0.15, 0.2) is 0 Å². The number of aromatic nitrogens is 2. The summed E-state index contributed by atoms with van der Waals surface area (Å²) in [6, 6.07) is 8.20. The smallest absolute Gasteiger partial charge is 0.213 e. The second-order valence-electron chi connectivity index (χ2n) is 6.50. The average Bonchev–Trinajstić information content (AvgIpc) is 3.16. The molecule has 6 nitrogen and oxygen atoms in total. The minimum atomic E-state index is -3.26. The number of nitrogens with zero attached hydrogens (tertiary/aromatic N) is 3. The summed E-state index contributed by atoms with van der Waals surface area (Å²) in [5.74, 6) is 0.0485. The van der Waals surface area contributed by atoms with Crippen LogP contribution in [0.4, 0.5) is 0 Å². The Labute approximate surface area is 141 Å². The van der Waals surface area contributed by atoms with E-state index in [0.29, 0.717) is 13.0 Å². The van der Waals surface area contributed by atoms with E-state index < -0.39 is 16.1 Å². The SMILES string of the molecule is CCS(=O)(=O)N1CC[C@@H]([C@@H]2c3ccccc3-c3cncn32)[C@H](O)C1. The molecule has 3 atom stereocenters. The molecule has 1 N–H and O–H groups in total. The second-order valence-corrected chi connectivity index (χ2v) is 8.75. The van der Waals surface area contributed by atoms with E-state index in [2.05, 4.69) is 21.7 Å². The number of imidazole rings is 1. The topological polar surface area (TPSA) is 75.4 Å². The Hall–Kier alpha value is -1.70. The van der Waals surface area contributed by atoms with Gasteiger partial charge in [0.2, 0.25) is 10.0 Å². The number of piperidine rings is 1. The fourth-order valence-electron chi connectivity index (χ4n) is 4.03. The molecule has 1 saturated heterocycles. The van der Waals surface area contributed by atoms with E-state index in [1.54, 1.807) is 6.92 Å². The molecule has 7 heteroatoms. The molecule has 0 unspecified atom stereocenters. The zero-order valence-electron chi connectivity index (χ0n) is 13.5. The molecule has 1 aromatic heterocycles. The maximum Gasteiger partial charge on any atom is 0.213 e. The van der Waals surface area contributed by atoms with Crippen LogP contribution in [-0.4, -0.2) is 52.3 Å². The van der Waals surface area contributed by atoms with E-state index in [0.717, 1.165) is 11.3 Å². The van der Waals surface area contributed by atoms with Crippen molar-refractivity contribution in [3.8, 4) is 11.3 Å². The standard InChI is InChI=1S/C17H21N3O3S/c1-2-24(22,23)19-8-7-14(16(21)10-19)17-13-6-4-3-5-12(13)15-9-18-11-20(15)17/h3-6,9,11,14,16-17,21H,2,7-8,10H2,1H3/t14-,16-,17+/m1/s1. The van der Waals surface area contributed by atoms with Gasteiger partial charge in [0.1, 0.15) is 0 Å². The first kappa shape index (κ1) is 15.8. The van der Waals surface area contributed by atoms with Crippen molar-refractivity contribution in [3.05, 3.63) is 42.4 Å². The van der Waals surface area contributed by atoms with Crippen molar-refractivity contribution in [2.45, 2.75) is 25.5 Å². The molecule has 1 fully saturated rings. The number of aliphatic hydroxyl groups excluding tert-OH is 1. The number of β-amino-alcohol motifs (C(OH)–C–C–N with tert-alkyl or cyclic N) is 1. The number of aliphatic hydroxyl groups is 1. The number of hydrogen-bond acceptors (Lipinski definition) is 4. The monoisotopic (exact) mass is 347 g/mol. The van der Waals surface area contributed by atoms with Crippen LogP contribution in [0.25, 0.3) is 11.3 Å². The minimum Gasteiger partial charge on any atom is -0.391 e. The van der Waals surface area contributed by atoms with Gasteiger partial charge in [-0.25, -0.2) is 13.4 Å². The molecule has 0 radical (unpaired) electrons. The first-order valence-corrected chi connectivity index (χ1v) is 9.91. The van der Waals surface area contributed by atoms with Gasteiger partial charge in [-0.2, -0.15) is 4.31 Å². The van der Waals surface area contributed by atoms with E-state index in [1.807, 2.05) is 24.7 Å². The predicted octanol–water partition coefficient (Wildman–Crippen LogP) is 1.49. The Morgan fingerprint density at radius 1 is 1.33 bits per heavy atom. The molecule has 1 aromatic carbocycles. The van der Waals surface area contributed by atoms with Crippen LogP contribution in [0, 0.1) is 5.92 Å². The van der Waals surface area contributed by atoms with Crippen LogP contribution in [0.15, 0.2) is 36.8 Å². The number of sulfonamides is 1. The van der Waals surface area contributed by atoms with Crippen LogP contribution in [0.5, 0.6) is 0 Å². The van der Waals surface area contributed by atoms with Gasteiger partial charge in [0, 0.05) is 24.6 Å². The molecule has 128 valence electrons. The van der Waals surface area contributed by atoms with Gasteiger partial charge >= 0.3 is 0 Å². The predicted molar refractivity (Wildman–Crippen MR) is 90.9 cm³/mol. The fourth-order valence-corrected chi connectivity index (χ4v) is 5.16. The normalized spacial score (nSPS) is 27.0. The lowest BCUT2D eigenvalue weighted by atomic mass is 9.84. The van der Waals surface area contributed by atoms with Gasteiger partial charge < -0.3 is 9.67 Å². The number of benzene rings is 1. The van der Waals surface area contributed by atoms with Gasteiger partial charge in [-0.05, 0) is 18.9 Å². The van der Waals surface area contributed by atoms with Crippen LogP contribution in [0.3, 0.4) is 0 Å². The summed E-state index contributed by atoms with van der Waals surface area (Å²) in [5.41, 5.74) is 3.40. The summed E-state index contributed by atoms with van der Waals surface area (Å²) >= 11 is 0. The first-order valence-electron chi connectivity index (χ1n) is 8.30. The summed E-state index contributed by atoms with van der Waals surface area (Å²) in [5, 5.41) is 10.7. The molecule has 0 spiro atoms. The summed E-state index contributed by atoms with van der Waals surface area (Å²) in [6.45, 7) is 2.27. The lowest BCUT2D eigenvalue weighted by Gasteiger charge is -2.38. The minimum absolute atomic E-state index is 0.0141. The Balaban J connectivity index is 1.66. The zero-order chi connectivity index (χ0) is 16.9. The maximum absolute atomic E-state index is 12.1. The van der Waals surface area contributed by atoms with Crippen LogP contribution in [0.1, 0.15) is 24.9 Å². The second kappa shape index (κ2) is 5.68. The van der Waals surface area contributed by atoms with Gasteiger partial charge in [0.25, 0.3) is 0 Å². The van der Waals surface area contributed by atoms with Gasteiger partial charge in [-0.1, -0.05) is 24.3 Å². The highest BCUT2D eigenvalue weighted by Gasteiger charge is 2.41. The molecule has 0 bridgehead atoms. The van der Waals surface area contributed by atoms with E-state index in [1.165, 1.54) is 9.87 Å². The average molecular weight is 347 g/mol. The lowest BCUT2D eigenvalue weighted by Crippen LogP contribution is -2.49. The molecular weight excluding hydrogens is 326 g/mol. The van der Waals surface area contributed by atoms with Crippen molar-refractivity contribution in [2.24, 2.45) is 5.92 Å². The van der Waals surface area contributed by atoms with Crippen LogP contribution >= 0.6 is 0 Å². The van der Waals surface area contributed by atoms with Crippen molar-refractivity contribution >= 4 is 10.0 Å². The molecular formula is C17H21N3O3S. The highest BCUT2D eigenvalue weighted by atomic mass is 32.2. The molecule has 0 saturated carbocycles. The number of rotatable bonds is 3. The third kappa shape index (κ3) is 2.30. The van der Waals surface area contributed by atoms with E-state index in [9.17, 15) is 13.5 Å². The van der Waals surface area contributed by atoms with Crippen molar-refractivity contribution in [3.63, 3.8) is 0 Å². The maximum atomic E-state index is 12.1. The summed E-state index contributed by atoms with van der Waals surface area (Å²) in [7, 11) is -3.26. The largest absolute Gasteiger partial charge is 0.391 e. The van der Waals surface area contributed by atoms with Crippen molar-refractivity contribution < 1.29 is 13.5 Å². The first-order chi connectivity index (χ1) is 11.5. The molecule has 24 heavy (non-hydrogen) atoms. The van der Waals surface area contributed by atoms with E-state index in [4.69, 9.17) is 0 Å². The number of hydrogen-bond donors (Lipinski definition) is 1. The van der Waals surface area contributed by atoms with Crippen LogP contribution in [0.2, 0.25) is 0 Å². The van der Waals surface area contributed by atoms with Gasteiger partial charge in [-0.3, -0.25) is 0 Å². The molecule has 3 heterocycles.